The second-order valence-electron chi connectivity index (χ2n) is 6.95. The summed E-state index contributed by atoms with van der Waals surface area (Å²) < 4.78 is 5.81. The predicted octanol–water partition coefficient (Wildman–Crippen LogP) is 4.15. The van der Waals surface area contributed by atoms with Gasteiger partial charge < -0.3 is 14.6 Å². The number of nitrogens with one attached hydrogen (secondary N) is 1. The van der Waals surface area contributed by atoms with E-state index in [0.29, 0.717) is 0 Å². The number of likely N-dealkylation sites (N-methyl/N-ethyl adjacent to an activating group) is 1. The predicted molar refractivity (Wildman–Crippen MR) is 108 cm³/mol. The fourth-order valence-electron chi connectivity index (χ4n) is 3.51. The third-order valence-corrected chi connectivity index (χ3v) is 5.17. The summed E-state index contributed by atoms with van der Waals surface area (Å²) in [4.78, 5) is 7.14. The van der Waals surface area contributed by atoms with Crippen molar-refractivity contribution < 1.29 is 4.42 Å². The number of furan rings is 1. The van der Waals surface area contributed by atoms with Crippen molar-refractivity contribution in [3.8, 4) is 0 Å². The highest BCUT2D eigenvalue weighted by molar-refractivity contribution is 5.94. The van der Waals surface area contributed by atoms with Crippen LogP contribution in [0.2, 0.25) is 0 Å². The summed E-state index contributed by atoms with van der Waals surface area (Å²) >= 11 is 0. The lowest BCUT2D eigenvalue weighted by Gasteiger charge is -2.36. The van der Waals surface area contributed by atoms with E-state index in [2.05, 4.69) is 50.1 Å². The van der Waals surface area contributed by atoms with Crippen molar-refractivity contribution in [3.05, 3.63) is 46.9 Å². The number of aliphatic imine (C=N–C) groups is 1. The first-order valence-electron chi connectivity index (χ1n) is 9.54. The lowest BCUT2D eigenvalue weighted by atomic mass is 10.0. The summed E-state index contributed by atoms with van der Waals surface area (Å²) in [6, 6.07) is 6.10. The van der Waals surface area contributed by atoms with Crippen molar-refractivity contribution in [2.45, 2.75) is 53.2 Å². The maximum atomic E-state index is 6.79. The Labute approximate surface area is 156 Å². The molecule has 3 rings (SSSR count). The van der Waals surface area contributed by atoms with Crippen LogP contribution in [0.3, 0.4) is 0 Å². The minimum atomic E-state index is -0.969. The minimum absolute atomic E-state index is 0.889. The van der Waals surface area contributed by atoms with Gasteiger partial charge in [0.15, 0.2) is 0 Å². The summed E-state index contributed by atoms with van der Waals surface area (Å²) in [5, 5.41) is 4.56. The van der Waals surface area contributed by atoms with Gasteiger partial charge >= 0.3 is 0 Å². The van der Waals surface area contributed by atoms with Gasteiger partial charge in [-0.15, -0.1) is 0 Å². The van der Waals surface area contributed by atoms with Gasteiger partial charge in [0.05, 0.1) is 0 Å². The van der Waals surface area contributed by atoms with E-state index in [1.165, 1.54) is 0 Å². The zero-order chi connectivity index (χ0) is 18.9. The van der Waals surface area contributed by atoms with Crippen LogP contribution in [0.1, 0.15) is 50.5 Å². The molecule has 0 aliphatic carbocycles. The Morgan fingerprint density at radius 1 is 1.19 bits per heavy atom. The van der Waals surface area contributed by atoms with Gasteiger partial charge in [0.25, 0.3) is 0 Å². The quantitative estimate of drug-likeness (QED) is 0.846. The van der Waals surface area contributed by atoms with Crippen LogP contribution in [0.15, 0.2) is 39.4 Å². The van der Waals surface area contributed by atoms with E-state index in [9.17, 15) is 0 Å². The number of nitrogens with zero attached hydrogens (tertiary/aromatic N) is 2. The molecule has 2 aromatic rings. The van der Waals surface area contributed by atoms with Crippen molar-refractivity contribution in [2.75, 3.05) is 13.1 Å². The fourth-order valence-corrected chi connectivity index (χ4v) is 3.51. The Hall–Kier alpha value is -2.27. The Bertz CT molecular complexity index is 860. The van der Waals surface area contributed by atoms with E-state index in [4.69, 9.17) is 15.1 Å². The molecule has 0 saturated carbocycles. The Morgan fingerprint density at radius 2 is 1.92 bits per heavy atom. The number of nitrogens with two attached hydrogens (primary N) is 1. The highest BCUT2D eigenvalue weighted by Gasteiger charge is 2.32. The summed E-state index contributed by atoms with van der Waals surface area (Å²) in [5.41, 5.74) is 10.9. The first-order valence-corrected chi connectivity index (χ1v) is 9.54. The van der Waals surface area contributed by atoms with Gasteiger partial charge in [-0.25, -0.2) is 4.99 Å². The molecule has 2 heterocycles. The fraction of sp³-hybridized carbons (Fsp3) is 0.476. The molecule has 0 saturated heterocycles. The van der Waals surface area contributed by atoms with Crippen molar-refractivity contribution >= 4 is 16.8 Å². The molecule has 0 bridgehead atoms. The van der Waals surface area contributed by atoms with Crippen LogP contribution in [0, 0.1) is 13.8 Å². The van der Waals surface area contributed by atoms with Crippen molar-refractivity contribution in [3.63, 3.8) is 0 Å². The van der Waals surface area contributed by atoms with Crippen LogP contribution in [0.25, 0.3) is 11.0 Å². The van der Waals surface area contributed by atoms with Gasteiger partial charge in [-0.2, -0.15) is 0 Å². The molecule has 1 atom stereocenters. The van der Waals surface area contributed by atoms with Gasteiger partial charge in [-0.05, 0) is 64.0 Å². The summed E-state index contributed by atoms with van der Waals surface area (Å²) in [6.07, 6.45) is 4.14. The number of hydrogen-bond donors (Lipinski definition) is 2. The SMILES string of the molecule is CCCC1=CC(N(CC)CC)=NC(N)(c2ccc3oc(C)c(C)c3c2)N1. The summed E-state index contributed by atoms with van der Waals surface area (Å²) in [7, 11) is 0. The number of benzene rings is 1. The average Bonchev–Trinajstić information content (AvgIpc) is 2.90. The molecule has 1 aliphatic heterocycles. The number of allylic oxidation sites excluding steroid dienone is 1. The maximum absolute atomic E-state index is 6.79. The van der Waals surface area contributed by atoms with E-state index in [1.807, 2.05) is 19.1 Å². The molecule has 0 radical (unpaired) electrons. The van der Waals surface area contributed by atoms with Crippen LogP contribution >= 0.6 is 0 Å². The molecule has 0 amide bonds. The van der Waals surface area contributed by atoms with Gasteiger partial charge in [-0.1, -0.05) is 13.3 Å². The number of amidine groups is 1. The van der Waals surface area contributed by atoms with Gasteiger partial charge in [-0.3, -0.25) is 5.73 Å². The highest BCUT2D eigenvalue weighted by Crippen LogP contribution is 2.31. The second-order valence-corrected chi connectivity index (χ2v) is 6.95. The average molecular weight is 354 g/mol. The first kappa shape index (κ1) is 18.5. The van der Waals surface area contributed by atoms with Crippen LogP contribution in [-0.4, -0.2) is 23.8 Å². The zero-order valence-corrected chi connectivity index (χ0v) is 16.5. The molecule has 5 heteroatoms. The van der Waals surface area contributed by atoms with E-state index in [-0.39, 0.29) is 0 Å². The Balaban J connectivity index is 2.09. The molecule has 1 unspecified atom stereocenters. The molecule has 0 fully saturated rings. The third-order valence-electron chi connectivity index (χ3n) is 5.17. The normalized spacial score (nSPS) is 19.9. The molecule has 1 aromatic heterocycles. The zero-order valence-electron chi connectivity index (χ0n) is 16.5. The second kappa shape index (κ2) is 7.16. The molecule has 140 valence electrons. The summed E-state index contributed by atoms with van der Waals surface area (Å²) in [6.45, 7) is 12.3. The summed E-state index contributed by atoms with van der Waals surface area (Å²) in [5.74, 6) is 0.918. The Morgan fingerprint density at radius 3 is 2.58 bits per heavy atom. The largest absolute Gasteiger partial charge is 0.461 e. The minimum Gasteiger partial charge on any atom is -0.461 e. The van der Waals surface area contributed by atoms with Gasteiger partial charge in [0.2, 0.25) is 5.79 Å². The van der Waals surface area contributed by atoms with Gasteiger partial charge in [0.1, 0.15) is 17.2 Å². The van der Waals surface area contributed by atoms with Crippen molar-refractivity contribution in [2.24, 2.45) is 10.7 Å². The van der Waals surface area contributed by atoms with Crippen LogP contribution in [-0.2, 0) is 5.79 Å². The van der Waals surface area contributed by atoms with E-state index < -0.39 is 5.79 Å². The van der Waals surface area contributed by atoms with Crippen LogP contribution < -0.4 is 11.1 Å². The Kier molecular flexibility index (Phi) is 5.10. The van der Waals surface area contributed by atoms with Crippen molar-refractivity contribution in [1.29, 1.82) is 0 Å². The number of rotatable bonds is 5. The van der Waals surface area contributed by atoms with E-state index in [1.54, 1.807) is 0 Å². The third kappa shape index (κ3) is 3.23. The molecular formula is C21H30N4O. The number of fused-ring (bicyclic) bond motifs is 1. The maximum Gasteiger partial charge on any atom is 0.211 e. The van der Waals surface area contributed by atoms with Crippen LogP contribution in [0.4, 0.5) is 0 Å². The number of hydrogen-bond acceptors (Lipinski definition) is 5. The lowest BCUT2D eigenvalue weighted by molar-refractivity contribution is 0.367. The molecule has 26 heavy (non-hydrogen) atoms. The standard InChI is InChI=1S/C21H30N4O/c1-6-9-17-13-20(25(7-2)8-3)24-21(22,23-17)16-10-11-19-18(12-16)14(4)15(5)26-19/h10-13,23H,6-9,22H2,1-5H3. The number of aryl methyl sites for hydroxylation is 2. The molecule has 1 aliphatic rings. The molecule has 5 nitrogen and oxygen atoms in total. The first-order chi connectivity index (χ1) is 12.4. The van der Waals surface area contributed by atoms with Gasteiger partial charge in [0, 0.05) is 29.7 Å². The van der Waals surface area contributed by atoms with Crippen LogP contribution in [0.5, 0.6) is 0 Å². The van der Waals surface area contributed by atoms with Crippen molar-refractivity contribution in [1.82, 2.24) is 10.2 Å². The molecule has 1 aromatic carbocycles. The smallest absolute Gasteiger partial charge is 0.211 e. The highest BCUT2D eigenvalue weighted by atomic mass is 16.3. The monoisotopic (exact) mass is 354 g/mol. The van der Waals surface area contributed by atoms with E-state index in [0.717, 1.165) is 65.3 Å². The molecule has 3 N–H and O–H groups in total. The molecular weight excluding hydrogens is 324 g/mol. The topological polar surface area (TPSA) is 66.8 Å². The molecule has 0 spiro atoms. The lowest BCUT2D eigenvalue weighted by Crippen LogP contribution is -2.52. The van der Waals surface area contributed by atoms with E-state index >= 15 is 0 Å².